The van der Waals surface area contributed by atoms with Crippen LogP contribution in [0.2, 0.25) is 0 Å². The summed E-state index contributed by atoms with van der Waals surface area (Å²) >= 11 is 0. The van der Waals surface area contributed by atoms with Crippen LogP contribution in [0.3, 0.4) is 0 Å². The van der Waals surface area contributed by atoms with E-state index in [0.717, 1.165) is 51.9 Å². The van der Waals surface area contributed by atoms with E-state index in [1.54, 1.807) is 0 Å². The number of piperazine rings is 1. The molecule has 0 aromatic heterocycles. The molecule has 0 spiro atoms. The lowest BCUT2D eigenvalue weighted by Gasteiger charge is -2.39. The van der Waals surface area contributed by atoms with Crippen molar-refractivity contribution in [3.8, 4) is 0 Å². The molecule has 1 aliphatic rings. The van der Waals surface area contributed by atoms with Crippen molar-refractivity contribution >= 4 is 0 Å². The lowest BCUT2D eigenvalue weighted by atomic mass is 10.0. The molecule has 44 heavy (non-hydrogen) atoms. The fourth-order valence-electron chi connectivity index (χ4n) is 7.10. The molecule has 0 radical (unpaired) electrons. The second-order valence-corrected chi connectivity index (χ2v) is 14.5. The van der Waals surface area contributed by atoms with Gasteiger partial charge in [-0.25, -0.2) is 0 Å². The van der Waals surface area contributed by atoms with Crippen molar-refractivity contribution in [2.75, 3.05) is 26.2 Å². The molecule has 4 nitrogen and oxygen atoms in total. The standard InChI is InChI=1S/C40H82N2O2/c1-3-5-7-9-11-13-15-17-19-21-23-25-27-29-31-33-39(43)41-35-37-42(38-36-41)40(44)34-32-30-28-26-24-22-20-18-16-14-12-10-8-6-4-2/h39-40,43-44H,3-38H2,1-2H3. The summed E-state index contributed by atoms with van der Waals surface area (Å²) < 4.78 is 0. The van der Waals surface area contributed by atoms with Crippen LogP contribution in [0.1, 0.15) is 219 Å². The molecule has 2 atom stereocenters. The first-order valence-corrected chi connectivity index (χ1v) is 20.5. The van der Waals surface area contributed by atoms with Gasteiger partial charge in [-0.1, -0.05) is 194 Å². The van der Waals surface area contributed by atoms with E-state index in [9.17, 15) is 10.2 Å². The van der Waals surface area contributed by atoms with Crippen LogP contribution in [0.25, 0.3) is 0 Å². The van der Waals surface area contributed by atoms with Gasteiger partial charge >= 0.3 is 0 Å². The first-order valence-electron chi connectivity index (χ1n) is 20.5. The van der Waals surface area contributed by atoms with Crippen molar-refractivity contribution in [2.24, 2.45) is 0 Å². The van der Waals surface area contributed by atoms with Crippen molar-refractivity contribution in [1.82, 2.24) is 9.80 Å². The SMILES string of the molecule is CCCCCCCCCCCCCCCCCC(O)N1CCN(C(O)CCCCCCCCCCCCCCCCC)CC1. The lowest BCUT2D eigenvalue weighted by Crippen LogP contribution is -2.53. The van der Waals surface area contributed by atoms with E-state index in [1.165, 1.54) is 180 Å². The Hall–Kier alpha value is -0.160. The highest BCUT2D eigenvalue weighted by atomic mass is 16.3. The van der Waals surface area contributed by atoms with Gasteiger partial charge in [0.15, 0.2) is 0 Å². The Morgan fingerprint density at radius 2 is 0.500 bits per heavy atom. The third kappa shape index (κ3) is 26.0. The van der Waals surface area contributed by atoms with Crippen LogP contribution in [0.15, 0.2) is 0 Å². The van der Waals surface area contributed by atoms with Gasteiger partial charge < -0.3 is 10.2 Å². The van der Waals surface area contributed by atoms with E-state index in [1.807, 2.05) is 0 Å². The van der Waals surface area contributed by atoms with Crippen LogP contribution in [-0.4, -0.2) is 58.6 Å². The minimum absolute atomic E-state index is 0.299. The largest absolute Gasteiger partial charge is 0.378 e. The maximum atomic E-state index is 10.7. The minimum Gasteiger partial charge on any atom is -0.378 e. The third-order valence-electron chi connectivity index (χ3n) is 10.3. The van der Waals surface area contributed by atoms with Crippen molar-refractivity contribution in [2.45, 2.75) is 232 Å². The maximum Gasteiger partial charge on any atom is 0.107 e. The quantitative estimate of drug-likeness (QED) is 0.0701. The molecule has 4 heteroatoms. The van der Waals surface area contributed by atoms with Gasteiger partial charge in [0.05, 0.1) is 0 Å². The average molecular weight is 623 g/mol. The Morgan fingerprint density at radius 1 is 0.318 bits per heavy atom. The van der Waals surface area contributed by atoms with Crippen LogP contribution in [0, 0.1) is 0 Å². The summed E-state index contributed by atoms with van der Waals surface area (Å²) in [4.78, 5) is 4.47. The van der Waals surface area contributed by atoms with Gasteiger partial charge in [0.25, 0.3) is 0 Å². The van der Waals surface area contributed by atoms with E-state index < -0.39 is 0 Å². The number of unbranched alkanes of at least 4 members (excludes halogenated alkanes) is 28. The fraction of sp³-hybridized carbons (Fsp3) is 1.00. The summed E-state index contributed by atoms with van der Waals surface area (Å²) in [5, 5.41) is 21.4. The highest BCUT2D eigenvalue weighted by molar-refractivity contribution is 4.75. The molecule has 1 fully saturated rings. The van der Waals surface area contributed by atoms with Crippen molar-refractivity contribution < 1.29 is 10.2 Å². The summed E-state index contributed by atoms with van der Waals surface area (Å²) in [5.74, 6) is 0. The van der Waals surface area contributed by atoms with E-state index in [4.69, 9.17) is 0 Å². The molecule has 1 heterocycles. The summed E-state index contributed by atoms with van der Waals surface area (Å²) in [5.41, 5.74) is 0. The Labute approximate surface area is 277 Å². The van der Waals surface area contributed by atoms with Crippen molar-refractivity contribution in [1.29, 1.82) is 0 Å². The molecule has 0 aliphatic carbocycles. The number of hydrogen-bond acceptors (Lipinski definition) is 4. The van der Waals surface area contributed by atoms with Gasteiger partial charge in [-0.05, 0) is 25.7 Å². The first-order chi connectivity index (χ1) is 21.7. The number of rotatable bonds is 34. The second-order valence-electron chi connectivity index (χ2n) is 14.5. The van der Waals surface area contributed by atoms with Gasteiger partial charge in [0.2, 0.25) is 0 Å². The molecule has 264 valence electrons. The van der Waals surface area contributed by atoms with E-state index in [2.05, 4.69) is 23.6 Å². The predicted molar refractivity (Wildman–Crippen MR) is 194 cm³/mol. The molecule has 0 aromatic rings. The molecule has 0 amide bonds. The molecular formula is C40H82N2O2. The summed E-state index contributed by atoms with van der Waals surface area (Å²) in [6.07, 6.45) is 42.7. The number of nitrogens with zero attached hydrogens (tertiary/aromatic N) is 2. The average Bonchev–Trinajstić information content (AvgIpc) is 3.04. The summed E-state index contributed by atoms with van der Waals surface area (Å²) in [6.45, 7) is 8.12. The first kappa shape index (κ1) is 41.9. The molecule has 2 unspecified atom stereocenters. The topological polar surface area (TPSA) is 46.9 Å². The van der Waals surface area contributed by atoms with E-state index in [-0.39, 0.29) is 12.5 Å². The molecule has 0 aromatic carbocycles. The smallest absolute Gasteiger partial charge is 0.107 e. The zero-order valence-electron chi connectivity index (χ0n) is 30.4. The fourth-order valence-corrected chi connectivity index (χ4v) is 7.10. The van der Waals surface area contributed by atoms with Gasteiger partial charge in [-0.2, -0.15) is 0 Å². The van der Waals surface area contributed by atoms with E-state index >= 15 is 0 Å². The Bertz CT molecular complexity index is 503. The van der Waals surface area contributed by atoms with Gasteiger partial charge in [-0.3, -0.25) is 9.80 Å². The monoisotopic (exact) mass is 623 g/mol. The molecule has 0 saturated carbocycles. The minimum atomic E-state index is -0.299. The molecular weight excluding hydrogens is 540 g/mol. The normalized spacial score (nSPS) is 16.1. The van der Waals surface area contributed by atoms with Gasteiger partial charge in [0.1, 0.15) is 12.5 Å². The Kier molecular flexibility index (Phi) is 31.2. The molecule has 2 N–H and O–H groups in total. The molecule has 1 rings (SSSR count). The maximum absolute atomic E-state index is 10.7. The number of aliphatic hydroxyl groups excluding tert-OH is 2. The van der Waals surface area contributed by atoms with E-state index in [0.29, 0.717) is 0 Å². The third-order valence-corrected chi connectivity index (χ3v) is 10.3. The zero-order chi connectivity index (χ0) is 31.8. The van der Waals surface area contributed by atoms with Crippen molar-refractivity contribution in [3.05, 3.63) is 0 Å². The van der Waals surface area contributed by atoms with Crippen LogP contribution in [0.5, 0.6) is 0 Å². The van der Waals surface area contributed by atoms with Crippen LogP contribution < -0.4 is 0 Å². The number of aliphatic hydroxyl groups is 2. The van der Waals surface area contributed by atoms with Crippen LogP contribution >= 0.6 is 0 Å². The number of hydrogen-bond donors (Lipinski definition) is 2. The van der Waals surface area contributed by atoms with Gasteiger partial charge in [-0.15, -0.1) is 0 Å². The highest BCUT2D eigenvalue weighted by Gasteiger charge is 2.25. The highest BCUT2D eigenvalue weighted by Crippen LogP contribution is 2.18. The molecule has 1 saturated heterocycles. The molecule has 1 aliphatic heterocycles. The zero-order valence-corrected chi connectivity index (χ0v) is 30.4. The summed E-state index contributed by atoms with van der Waals surface area (Å²) in [7, 11) is 0. The molecule has 0 bridgehead atoms. The van der Waals surface area contributed by atoms with Crippen LogP contribution in [-0.2, 0) is 0 Å². The van der Waals surface area contributed by atoms with Crippen molar-refractivity contribution in [3.63, 3.8) is 0 Å². The second kappa shape index (κ2) is 32.8. The lowest BCUT2D eigenvalue weighted by molar-refractivity contribution is -0.0743. The van der Waals surface area contributed by atoms with Gasteiger partial charge in [0, 0.05) is 26.2 Å². The Balaban J connectivity index is 1.85. The predicted octanol–water partition coefficient (Wildman–Crippen LogP) is 11.8. The Morgan fingerprint density at radius 3 is 0.705 bits per heavy atom. The van der Waals surface area contributed by atoms with Crippen LogP contribution in [0.4, 0.5) is 0 Å². The summed E-state index contributed by atoms with van der Waals surface area (Å²) in [6, 6.07) is 0.